The fourth-order valence-corrected chi connectivity index (χ4v) is 3.46. The van der Waals surface area contributed by atoms with Crippen LogP contribution in [0.2, 0.25) is 0 Å². The highest BCUT2D eigenvalue weighted by atomic mass is 16.5. The van der Waals surface area contributed by atoms with Crippen LogP contribution in [0.25, 0.3) is 10.9 Å². The molecule has 0 saturated heterocycles. The van der Waals surface area contributed by atoms with Crippen molar-refractivity contribution in [2.24, 2.45) is 12.1 Å². The number of nitrogens with one attached hydrogen (secondary N) is 1. The molecule has 3 aromatic carbocycles. The van der Waals surface area contributed by atoms with E-state index in [4.69, 9.17) is 9.47 Å². The highest BCUT2D eigenvalue weighted by Crippen LogP contribution is 2.28. The lowest BCUT2D eigenvalue weighted by atomic mass is 10.1. The van der Waals surface area contributed by atoms with Crippen LogP contribution in [0.5, 0.6) is 11.5 Å². The van der Waals surface area contributed by atoms with Crippen LogP contribution in [-0.2, 0) is 13.7 Å². The molecule has 1 heterocycles. The van der Waals surface area contributed by atoms with Gasteiger partial charge in [-0.05, 0) is 48.4 Å². The van der Waals surface area contributed by atoms with E-state index >= 15 is 0 Å². The van der Waals surface area contributed by atoms with Crippen molar-refractivity contribution < 1.29 is 14.3 Å². The third-order valence-corrected chi connectivity index (χ3v) is 5.27. The van der Waals surface area contributed by atoms with Gasteiger partial charge in [0.2, 0.25) is 0 Å². The van der Waals surface area contributed by atoms with E-state index in [9.17, 15) is 4.79 Å². The molecule has 162 valence electrons. The molecule has 0 aliphatic rings. The Kier molecular flexibility index (Phi) is 6.22. The number of amides is 1. The van der Waals surface area contributed by atoms with Crippen molar-refractivity contribution in [2.75, 3.05) is 7.11 Å². The van der Waals surface area contributed by atoms with Crippen molar-refractivity contribution in [1.29, 1.82) is 0 Å². The topological polar surface area (TPSA) is 64.8 Å². The van der Waals surface area contributed by atoms with E-state index in [0.717, 1.165) is 22.0 Å². The van der Waals surface area contributed by atoms with Crippen LogP contribution >= 0.6 is 0 Å². The van der Waals surface area contributed by atoms with Crippen molar-refractivity contribution in [3.63, 3.8) is 0 Å². The maximum atomic E-state index is 12.6. The second-order valence-corrected chi connectivity index (χ2v) is 7.53. The highest BCUT2D eigenvalue weighted by molar-refractivity contribution is 5.99. The minimum Gasteiger partial charge on any atom is -0.493 e. The maximum absolute atomic E-state index is 12.6. The lowest BCUT2D eigenvalue weighted by Gasteiger charge is -2.11. The first kappa shape index (κ1) is 21.2. The predicted octanol–water partition coefficient (Wildman–Crippen LogP) is 4.84. The van der Waals surface area contributed by atoms with Gasteiger partial charge in [-0.1, -0.05) is 48.0 Å². The number of para-hydroxylation sites is 1. The summed E-state index contributed by atoms with van der Waals surface area (Å²) >= 11 is 0. The predicted molar refractivity (Wildman–Crippen MR) is 126 cm³/mol. The first-order valence-corrected chi connectivity index (χ1v) is 10.3. The van der Waals surface area contributed by atoms with Crippen molar-refractivity contribution in [3.8, 4) is 11.5 Å². The number of methoxy groups -OCH3 is 1. The average molecular weight is 428 g/mol. The highest BCUT2D eigenvalue weighted by Gasteiger charge is 2.12. The molecular weight excluding hydrogens is 402 g/mol. The summed E-state index contributed by atoms with van der Waals surface area (Å²) < 4.78 is 13.2. The SMILES string of the molecule is COc1ccc(/C=N/NC(=O)c2cc3ccccc3n2C)cc1OCc1ccc(C)cc1. The summed E-state index contributed by atoms with van der Waals surface area (Å²) in [6.45, 7) is 2.48. The molecular formula is C26H25N3O3. The van der Waals surface area contributed by atoms with Crippen molar-refractivity contribution >= 4 is 23.0 Å². The Morgan fingerprint density at radius 1 is 1.03 bits per heavy atom. The second kappa shape index (κ2) is 9.39. The molecule has 6 nitrogen and oxygen atoms in total. The summed E-state index contributed by atoms with van der Waals surface area (Å²) in [4.78, 5) is 12.6. The molecule has 32 heavy (non-hydrogen) atoms. The number of rotatable bonds is 7. The van der Waals surface area contributed by atoms with Crippen LogP contribution in [-0.4, -0.2) is 23.8 Å². The number of nitrogens with zero attached hydrogens (tertiary/aromatic N) is 2. The van der Waals surface area contributed by atoms with Crippen LogP contribution in [0.1, 0.15) is 27.2 Å². The lowest BCUT2D eigenvalue weighted by Crippen LogP contribution is -2.20. The lowest BCUT2D eigenvalue weighted by molar-refractivity contribution is 0.0947. The fourth-order valence-electron chi connectivity index (χ4n) is 3.46. The minimum absolute atomic E-state index is 0.274. The van der Waals surface area contributed by atoms with Gasteiger partial charge in [0.25, 0.3) is 5.91 Å². The quantitative estimate of drug-likeness (QED) is 0.339. The van der Waals surface area contributed by atoms with Gasteiger partial charge < -0.3 is 14.0 Å². The molecule has 1 N–H and O–H groups in total. The van der Waals surface area contributed by atoms with Crippen molar-refractivity contribution in [1.82, 2.24) is 9.99 Å². The Morgan fingerprint density at radius 2 is 1.81 bits per heavy atom. The first-order chi connectivity index (χ1) is 15.5. The van der Waals surface area contributed by atoms with E-state index in [0.29, 0.717) is 23.8 Å². The average Bonchev–Trinajstić information content (AvgIpc) is 3.15. The molecule has 0 saturated carbocycles. The van der Waals surface area contributed by atoms with Crippen molar-refractivity contribution in [2.45, 2.75) is 13.5 Å². The van der Waals surface area contributed by atoms with Gasteiger partial charge in [0.15, 0.2) is 11.5 Å². The van der Waals surface area contributed by atoms with Gasteiger partial charge in [-0.15, -0.1) is 0 Å². The Bertz CT molecular complexity index is 1270. The molecule has 0 bridgehead atoms. The minimum atomic E-state index is -0.274. The van der Waals surface area contributed by atoms with Crippen LogP contribution < -0.4 is 14.9 Å². The van der Waals surface area contributed by atoms with Gasteiger partial charge in [-0.3, -0.25) is 4.79 Å². The number of aromatic nitrogens is 1. The molecule has 0 unspecified atom stereocenters. The molecule has 4 rings (SSSR count). The summed E-state index contributed by atoms with van der Waals surface area (Å²) in [5.41, 5.74) is 7.18. The second-order valence-electron chi connectivity index (χ2n) is 7.53. The largest absolute Gasteiger partial charge is 0.493 e. The molecule has 0 spiro atoms. The zero-order chi connectivity index (χ0) is 22.5. The molecule has 1 amide bonds. The number of ether oxygens (including phenoxy) is 2. The molecule has 1 aromatic heterocycles. The molecule has 0 atom stereocenters. The molecule has 0 aliphatic heterocycles. The number of carbonyl (C=O) groups is 1. The maximum Gasteiger partial charge on any atom is 0.287 e. The zero-order valence-electron chi connectivity index (χ0n) is 18.3. The Hall–Kier alpha value is -4.06. The summed E-state index contributed by atoms with van der Waals surface area (Å²) in [5.74, 6) is 0.968. The summed E-state index contributed by atoms with van der Waals surface area (Å²) in [6, 6.07) is 23.4. The number of carbonyl (C=O) groups excluding carboxylic acids is 1. The molecule has 6 heteroatoms. The molecule has 0 fully saturated rings. The van der Waals surface area contributed by atoms with E-state index in [2.05, 4.69) is 29.6 Å². The summed E-state index contributed by atoms with van der Waals surface area (Å²) in [7, 11) is 3.47. The standard InChI is InChI=1S/C26H25N3O3/c1-18-8-10-19(11-9-18)17-32-25-14-20(12-13-24(25)31-3)16-27-28-26(30)23-15-21-6-4-5-7-22(21)29(23)2/h4-16H,17H2,1-3H3,(H,28,30)/b27-16+. The van der Waals surface area contributed by atoms with E-state index in [1.54, 1.807) is 13.3 Å². The zero-order valence-corrected chi connectivity index (χ0v) is 18.3. The van der Waals surface area contributed by atoms with Crippen LogP contribution in [0.3, 0.4) is 0 Å². The Labute approximate surface area is 187 Å². The van der Waals surface area contributed by atoms with E-state index in [1.807, 2.05) is 72.3 Å². The van der Waals surface area contributed by atoms with Crippen molar-refractivity contribution in [3.05, 3.63) is 95.2 Å². The van der Waals surface area contributed by atoms with E-state index in [1.165, 1.54) is 5.56 Å². The number of fused-ring (bicyclic) bond motifs is 1. The van der Waals surface area contributed by atoms with Gasteiger partial charge in [0.1, 0.15) is 12.3 Å². The first-order valence-electron chi connectivity index (χ1n) is 10.3. The van der Waals surface area contributed by atoms with Crippen LogP contribution in [0.15, 0.2) is 77.9 Å². The van der Waals surface area contributed by atoms with Crippen LogP contribution in [0.4, 0.5) is 0 Å². The number of hydrogen-bond donors (Lipinski definition) is 1. The third kappa shape index (κ3) is 4.64. The molecule has 0 aliphatic carbocycles. The van der Waals surface area contributed by atoms with E-state index in [-0.39, 0.29) is 5.91 Å². The van der Waals surface area contributed by atoms with Gasteiger partial charge >= 0.3 is 0 Å². The third-order valence-electron chi connectivity index (χ3n) is 5.27. The summed E-state index contributed by atoms with van der Waals surface area (Å²) in [5, 5.41) is 5.13. The van der Waals surface area contributed by atoms with Crippen LogP contribution in [0, 0.1) is 6.92 Å². The van der Waals surface area contributed by atoms with Gasteiger partial charge in [-0.2, -0.15) is 5.10 Å². The number of benzene rings is 3. The summed E-state index contributed by atoms with van der Waals surface area (Å²) in [6.07, 6.45) is 1.58. The number of hydrazone groups is 1. The smallest absolute Gasteiger partial charge is 0.287 e. The fraction of sp³-hybridized carbons (Fsp3) is 0.154. The monoisotopic (exact) mass is 427 g/mol. The molecule has 0 radical (unpaired) electrons. The Balaban J connectivity index is 1.45. The normalized spacial score (nSPS) is 11.1. The number of hydrogen-bond acceptors (Lipinski definition) is 4. The molecule has 4 aromatic rings. The van der Waals surface area contributed by atoms with Gasteiger partial charge in [0.05, 0.1) is 13.3 Å². The van der Waals surface area contributed by atoms with Gasteiger partial charge in [-0.25, -0.2) is 5.43 Å². The van der Waals surface area contributed by atoms with Gasteiger partial charge in [0, 0.05) is 18.0 Å². The van der Waals surface area contributed by atoms with E-state index < -0.39 is 0 Å². The Morgan fingerprint density at radius 3 is 2.56 bits per heavy atom. The number of aryl methyl sites for hydroxylation is 2.